The Balaban J connectivity index is 0.000001000. The number of aromatic nitrogens is 1. The fraction of sp³-hybridized carbons (Fsp3) is 0.286. The van der Waals surface area contributed by atoms with Gasteiger partial charge in [-0.25, -0.2) is 4.98 Å². The van der Waals surface area contributed by atoms with Crippen molar-refractivity contribution in [2.45, 2.75) is 5.88 Å². The minimum absolute atomic E-state index is 0. The lowest BCUT2D eigenvalue weighted by atomic mass is 10.3. The number of anilines is 1. The summed E-state index contributed by atoms with van der Waals surface area (Å²) in [5, 5.41) is 2.95. The minimum atomic E-state index is 0. The molecule has 0 spiro atoms. The highest BCUT2D eigenvalue weighted by Crippen LogP contribution is 2.11. The van der Waals surface area contributed by atoms with Crippen molar-refractivity contribution in [3.8, 4) is 0 Å². The molecule has 0 aliphatic heterocycles. The first-order valence-corrected chi connectivity index (χ1v) is 3.59. The van der Waals surface area contributed by atoms with Gasteiger partial charge in [0.05, 0.1) is 5.88 Å². The molecule has 0 radical (unpaired) electrons. The SMILES string of the molecule is CNc1ncccc1CCl.Cl. The van der Waals surface area contributed by atoms with Gasteiger partial charge in [0, 0.05) is 18.8 Å². The van der Waals surface area contributed by atoms with E-state index >= 15 is 0 Å². The Bertz CT molecular complexity index is 192. The van der Waals surface area contributed by atoms with Gasteiger partial charge in [0.15, 0.2) is 0 Å². The van der Waals surface area contributed by atoms with E-state index in [1.807, 2.05) is 19.2 Å². The number of nitrogens with zero attached hydrogens (tertiary/aromatic N) is 1. The second kappa shape index (κ2) is 5.22. The van der Waals surface area contributed by atoms with Gasteiger partial charge in [-0.2, -0.15) is 0 Å². The second-order valence-corrected chi connectivity index (χ2v) is 2.16. The molecule has 0 fully saturated rings. The summed E-state index contributed by atoms with van der Waals surface area (Å²) in [7, 11) is 1.83. The maximum atomic E-state index is 5.63. The Morgan fingerprint density at radius 1 is 1.64 bits per heavy atom. The van der Waals surface area contributed by atoms with Crippen LogP contribution in [0.3, 0.4) is 0 Å². The van der Waals surface area contributed by atoms with Crippen LogP contribution in [-0.2, 0) is 5.88 Å². The van der Waals surface area contributed by atoms with Gasteiger partial charge in [-0.15, -0.1) is 24.0 Å². The molecule has 0 aromatic carbocycles. The third-order valence-electron chi connectivity index (χ3n) is 1.27. The Morgan fingerprint density at radius 2 is 2.36 bits per heavy atom. The average molecular weight is 193 g/mol. The van der Waals surface area contributed by atoms with E-state index in [-0.39, 0.29) is 12.4 Å². The Kier molecular flexibility index (Phi) is 4.99. The highest BCUT2D eigenvalue weighted by Gasteiger charge is 1.96. The third kappa shape index (κ3) is 2.56. The molecule has 1 heterocycles. The Hall–Kier alpha value is -0.470. The van der Waals surface area contributed by atoms with Crippen molar-refractivity contribution in [3.05, 3.63) is 23.9 Å². The fourth-order valence-corrected chi connectivity index (χ4v) is 0.987. The minimum Gasteiger partial charge on any atom is -0.373 e. The number of hydrogen-bond acceptors (Lipinski definition) is 2. The maximum absolute atomic E-state index is 5.63. The maximum Gasteiger partial charge on any atom is 0.130 e. The molecule has 0 atom stereocenters. The zero-order valence-electron chi connectivity index (χ0n) is 6.17. The number of pyridine rings is 1. The molecule has 0 amide bonds. The fourth-order valence-electron chi connectivity index (χ4n) is 0.772. The molecule has 0 saturated heterocycles. The summed E-state index contributed by atoms with van der Waals surface area (Å²) in [5.74, 6) is 1.36. The lowest BCUT2D eigenvalue weighted by Gasteiger charge is -2.02. The highest BCUT2D eigenvalue weighted by molar-refractivity contribution is 6.17. The van der Waals surface area contributed by atoms with Crippen LogP contribution in [0.5, 0.6) is 0 Å². The molecule has 62 valence electrons. The first-order chi connectivity index (χ1) is 4.88. The van der Waals surface area contributed by atoms with E-state index in [1.165, 1.54) is 0 Å². The van der Waals surface area contributed by atoms with Gasteiger partial charge >= 0.3 is 0 Å². The van der Waals surface area contributed by atoms with Crippen LogP contribution in [0.1, 0.15) is 5.56 Å². The van der Waals surface area contributed by atoms with Crippen LogP contribution in [0.4, 0.5) is 5.82 Å². The summed E-state index contributed by atoms with van der Waals surface area (Å²) in [6, 6.07) is 3.82. The second-order valence-electron chi connectivity index (χ2n) is 1.89. The van der Waals surface area contributed by atoms with Crippen molar-refractivity contribution in [3.63, 3.8) is 0 Å². The van der Waals surface area contributed by atoms with Crippen molar-refractivity contribution < 1.29 is 0 Å². The molecule has 4 heteroatoms. The summed E-state index contributed by atoms with van der Waals surface area (Å²) in [6.07, 6.45) is 1.74. The van der Waals surface area contributed by atoms with Crippen LogP contribution in [0.15, 0.2) is 18.3 Å². The average Bonchev–Trinajstić information content (AvgIpc) is 2.04. The normalized spacial score (nSPS) is 8.55. The van der Waals surface area contributed by atoms with Gasteiger partial charge in [0.1, 0.15) is 5.82 Å². The zero-order valence-corrected chi connectivity index (χ0v) is 7.75. The predicted molar refractivity (Wildman–Crippen MR) is 50.6 cm³/mol. The molecule has 1 N–H and O–H groups in total. The van der Waals surface area contributed by atoms with E-state index in [4.69, 9.17) is 11.6 Å². The molecule has 0 aliphatic carbocycles. The number of nitrogens with one attached hydrogen (secondary N) is 1. The number of hydrogen-bond donors (Lipinski definition) is 1. The van der Waals surface area contributed by atoms with Crippen LogP contribution < -0.4 is 5.32 Å². The lowest BCUT2D eigenvalue weighted by Crippen LogP contribution is -1.95. The van der Waals surface area contributed by atoms with Gasteiger partial charge in [-0.1, -0.05) is 6.07 Å². The molecule has 1 aromatic heterocycles. The van der Waals surface area contributed by atoms with E-state index in [9.17, 15) is 0 Å². The number of halogens is 2. The number of rotatable bonds is 2. The van der Waals surface area contributed by atoms with Crippen molar-refractivity contribution in [2.24, 2.45) is 0 Å². The Labute approximate surface area is 77.4 Å². The topological polar surface area (TPSA) is 24.9 Å². The van der Waals surface area contributed by atoms with E-state index < -0.39 is 0 Å². The lowest BCUT2D eigenvalue weighted by molar-refractivity contribution is 1.22. The van der Waals surface area contributed by atoms with Crippen LogP contribution in [0, 0.1) is 0 Å². The van der Waals surface area contributed by atoms with Crippen LogP contribution in [0.2, 0.25) is 0 Å². The van der Waals surface area contributed by atoms with Gasteiger partial charge < -0.3 is 5.32 Å². The van der Waals surface area contributed by atoms with Gasteiger partial charge in [0.25, 0.3) is 0 Å². The summed E-state index contributed by atoms with van der Waals surface area (Å²) in [5.41, 5.74) is 1.03. The molecule has 1 rings (SSSR count). The molecular weight excluding hydrogens is 183 g/mol. The molecule has 0 bridgehead atoms. The molecule has 1 aromatic rings. The van der Waals surface area contributed by atoms with Crippen molar-refractivity contribution in [1.29, 1.82) is 0 Å². The largest absolute Gasteiger partial charge is 0.373 e. The van der Waals surface area contributed by atoms with Gasteiger partial charge in [-0.05, 0) is 6.07 Å². The summed E-state index contributed by atoms with van der Waals surface area (Å²) in [6.45, 7) is 0. The van der Waals surface area contributed by atoms with Crippen LogP contribution in [0.25, 0.3) is 0 Å². The van der Waals surface area contributed by atoms with Crippen molar-refractivity contribution in [2.75, 3.05) is 12.4 Å². The summed E-state index contributed by atoms with van der Waals surface area (Å²) < 4.78 is 0. The first kappa shape index (κ1) is 10.5. The molecule has 0 saturated carbocycles. The van der Waals surface area contributed by atoms with E-state index in [1.54, 1.807) is 6.20 Å². The van der Waals surface area contributed by atoms with E-state index in [2.05, 4.69) is 10.3 Å². The van der Waals surface area contributed by atoms with Crippen LogP contribution in [-0.4, -0.2) is 12.0 Å². The molecule has 0 unspecified atom stereocenters. The van der Waals surface area contributed by atoms with Crippen LogP contribution >= 0.6 is 24.0 Å². The summed E-state index contributed by atoms with van der Waals surface area (Å²) in [4.78, 5) is 4.07. The highest BCUT2D eigenvalue weighted by atomic mass is 35.5. The van der Waals surface area contributed by atoms with E-state index in [0.717, 1.165) is 11.4 Å². The Morgan fingerprint density at radius 3 is 2.82 bits per heavy atom. The van der Waals surface area contributed by atoms with Crippen molar-refractivity contribution in [1.82, 2.24) is 4.98 Å². The van der Waals surface area contributed by atoms with Gasteiger partial charge in [0.2, 0.25) is 0 Å². The van der Waals surface area contributed by atoms with E-state index in [0.29, 0.717) is 5.88 Å². The first-order valence-electron chi connectivity index (χ1n) is 3.06. The molecule has 11 heavy (non-hydrogen) atoms. The molecule has 0 aliphatic rings. The standard InChI is InChI=1S/C7H9ClN2.ClH/c1-9-7-6(5-8)3-2-4-10-7;/h2-4H,5H2,1H3,(H,9,10);1H. The third-order valence-corrected chi connectivity index (χ3v) is 1.56. The predicted octanol–water partition coefficient (Wildman–Crippen LogP) is 2.28. The molecular formula is C7H10Cl2N2. The zero-order chi connectivity index (χ0) is 7.40. The summed E-state index contributed by atoms with van der Waals surface area (Å²) >= 11 is 5.63. The number of alkyl halides is 1. The monoisotopic (exact) mass is 192 g/mol. The quantitative estimate of drug-likeness (QED) is 0.728. The molecule has 2 nitrogen and oxygen atoms in total. The smallest absolute Gasteiger partial charge is 0.130 e. The van der Waals surface area contributed by atoms with Crippen molar-refractivity contribution >= 4 is 29.8 Å². The van der Waals surface area contributed by atoms with Gasteiger partial charge in [-0.3, -0.25) is 0 Å².